The Morgan fingerprint density at radius 2 is 2.04 bits per heavy atom. The minimum atomic E-state index is -0.375. The largest absolute Gasteiger partial charge is 0.507 e. The van der Waals surface area contributed by atoms with Crippen molar-refractivity contribution in [2.45, 2.75) is 25.4 Å². The number of carbonyl (C=O) groups excluding carboxylic acids is 1. The number of amides is 1. The van der Waals surface area contributed by atoms with Gasteiger partial charge in [0, 0.05) is 16.1 Å². The fourth-order valence-electron chi connectivity index (χ4n) is 2.62. The molecule has 2 aromatic rings. The number of phenolic OH excluding ortho intramolecular Hbond substituents is 1. The van der Waals surface area contributed by atoms with Gasteiger partial charge in [0.15, 0.2) is 0 Å². The highest BCUT2D eigenvalue weighted by atomic mass is 79.9. The number of nitrogens with zero attached hydrogens (tertiary/aromatic N) is 1. The van der Waals surface area contributed by atoms with Crippen molar-refractivity contribution >= 4 is 28.1 Å². The molecule has 1 heterocycles. The van der Waals surface area contributed by atoms with E-state index in [1.165, 1.54) is 11.8 Å². The van der Waals surface area contributed by atoms with Crippen LogP contribution in [0.25, 0.3) is 0 Å². The molecule has 130 valence electrons. The van der Waals surface area contributed by atoms with Crippen LogP contribution >= 0.6 is 15.9 Å². The van der Waals surface area contributed by atoms with Crippen LogP contribution in [0.15, 0.2) is 52.0 Å². The molecule has 6 nitrogen and oxygen atoms in total. The Labute approximate surface area is 154 Å². The van der Waals surface area contributed by atoms with Gasteiger partial charge in [-0.3, -0.25) is 4.79 Å². The summed E-state index contributed by atoms with van der Waals surface area (Å²) in [7, 11) is 0. The van der Waals surface area contributed by atoms with E-state index in [-0.39, 0.29) is 23.7 Å². The fraction of sp³-hybridized carbons (Fsp3) is 0.222. The first-order valence-electron chi connectivity index (χ1n) is 7.92. The molecule has 0 aromatic heterocycles. The SMILES string of the molecule is Cc1ccc(C2CC(C(=O)N/N=C/c3cc(Br)ccc3O)NN2)cc1. The first kappa shape index (κ1) is 17.6. The summed E-state index contributed by atoms with van der Waals surface area (Å²) >= 11 is 3.33. The van der Waals surface area contributed by atoms with E-state index in [0.29, 0.717) is 12.0 Å². The molecule has 1 saturated heterocycles. The second kappa shape index (κ2) is 7.77. The Morgan fingerprint density at radius 1 is 1.28 bits per heavy atom. The second-order valence-electron chi connectivity index (χ2n) is 5.98. The van der Waals surface area contributed by atoms with Crippen LogP contribution < -0.4 is 16.3 Å². The van der Waals surface area contributed by atoms with Gasteiger partial charge in [0.05, 0.1) is 6.21 Å². The van der Waals surface area contributed by atoms with Crippen molar-refractivity contribution in [1.29, 1.82) is 0 Å². The zero-order valence-electron chi connectivity index (χ0n) is 13.7. The summed E-state index contributed by atoms with van der Waals surface area (Å²) in [5.74, 6) is -0.130. The van der Waals surface area contributed by atoms with E-state index in [2.05, 4.69) is 61.6 Å². The zero-order valence-corrected chi connectivity index (χ0v) is 15.2. The maximum absolute atomic E-state index is 12.2. The molecule has 0 aliphatic carbocycles. The molecule has 0 saturated carbocycles. The molecule has 1 aliphatic heterocycles. The highest BCUT2D eigenvalue weighted by Gasteiger charge is 2.29. The summed E-state index contributed by atoms with van der Waals surface area (Å²) in [6.45, 7) is 2.04. The van der Waals surface area contributed by atoms with E-state index < -0.39 is 0 Å². The number of aromatic hydroxyl groups is 1. The van der Waals surface area contributed by atoms with E-state index in [9.17, 15) is 9.90 Å². The summed E-state index contributed by atoms with van der Waals surface area (Å²) in [5, 5.41) is 13.7. The minimum absolute atomic E-state index is 0.0782. The van der Waals surface area contributed by atoms with Gasteiger partial charge in [0.2, 0.25) is 0 Å². The molecule has 2 unspecified atom stereocenters. The average Bonchev–Trinajstić information content (AvgIpc) is 3.08. The maximum atomic E-state index is 12.2. The van der Waals surface area contributed by atoms with Crippen molar-refractivity contribution in [3.8, 4) is 5.75 Å². The second-order valence-corrected chi connectivity index (χ2v) is 6.89. The molecule has 1 aliphatic rings. The molecule has 0 spiro atoms. The third-order valence-electron chi connectivity index (χ3n) is 4.07. The van der Waals surface area contributed by atoms with Gasteiger partial charge >= 0.3 is 0 Å². The lowest BCUT2D eigenvalue weighted by atomic mass is 10.0. The molecule has 4 N–H and O–H groups in total. The van der Waals surface area contributed by atoms with E-state index in [0.717, 1.165) is 10.0 Å². The van der Waals surface area contributed by atoms with Gasteiger partial charge in [-0.15, -0.1) is 0 Å². The maximum Gasteiger partial charge on any atom is 0.258 e. The minimum Gasteiger partial charge on any atom is -0.507 e. The lowest BCUT2D eigenvalue weighted by molar-refractivity contribution is -0.122. The monoisotopic (exact) mass is 402 g/mol. The Morgan fingerprint density at radius 3 is 2.80 bits per heavy atom. The quantitative estimate of drug-likeness (QED) is 0.467. The number of hydrazine groups is 1. The van der Waals surface area contributed by atoms with E-state index in [1.54, 1.807) is 18.2 Å². The molecule has 0 bridgehead atoms. The Kier molecular flexibility index (Phi) is 5.47. The Hall–Kier alpha value is -2.22. The van der Waals surface area contributed by atoms with Gasteiger partial charge in [-0.1, -0.05) is 45.8 Å². The Bertz CT molecular complexity index is 792. The predicted octanol–water partition coefficient (Wildman–Crippen LogP) is 2.52. The van der Waals surface area contributed by atoms with Crippen molar-refractivity contribution in [3.05, 3.63) is 63.6 Å². The van der Waals surface area contributed by atoms with Crippen LogP contribution in [0.3, 0.4) is 0 Å². The topological polar surface area (TPSA) is 85.8 Å². The lowest BCUT2D eigenvalue weighted by Crippen LogP contribution is -2.41. The molecule has 2 atom stereocenters. The molecule has 25 heavy (non-hydrogen) atoms. The molecule has 1 amide bonds. The highest BCUT2D eigenvalue weighted by Crippen LogP contribution is 2.23. The summed E-state index contributed by atoms with van der Waals surface area (Å²) in [6.07, 6.45) is 2.05. The predicted molar refractivity (Wildman–Crippen MR) is 100 cm³/mol. The van der Waals surface area contributed by atoms with E-state index in [4.69, 9.17) is 0 Å². The van der Waals surface area contributed by atoms with Crippen molar-refractivity contribution in [3.63, 3.8) is 0 Å². The number of benzene rings is 2. The molecular formula is C18H19BrN4O2. The van der Waals surface area contributed by atoms with Crippen LogP contribution in [-0.2, 0) is 4.79 Å². The third kappa shape index (κ3) is 4.45. The highest BCUT2D eigenvalue weighted by molar-refractivity contribution is 9.10. The Balaban J connectivity index is 1.56. The third-order valence-corrected chi connectivity index (χ3v) is 4.56. The standard InChI is InChI=1S/C18H19BrN4O2/c1-11-2-4-12(5-3-11)15-9-16(22-21-15)18(25)23-20-10-13-8-14(19)6-7-17(13)24/h2-8,10,15-16,21-22,24H,9H2,1H3,(H,23,25)/b20-10+. The molecule has 0 radical (unpaired) electrons. The van der Waals surface area contributed by atoms with Crippen molar-refractivity contribution in [1.82, 2.24) is 16.3 Å². The van der Waals surface area contributed by atoms with Crippen molar-refractivity contribution in [2.75, 3.05) is 0 Å². The summed E-state index contributed by atoms with van der Waals surface area (Å²) < 4.78 is 0.820. The van der Waals surface area contributed by atoms with Gasteiger partial charge < -0.3 is 5.11 Å². The first-order chi connectivity index (χ1) is 12.0. The summed E-state index contributed by atoms with van der Waals surface area (Å²) in [6, 6.07) is 12.9. The number of hydrogen-bond donors (Lipinski definition) is 4. The van der Waals surface area contributed by atoms with Crippen molar-refractivity contribution < 1.29 is 9.90 Å². The number of rotatable bonds is 4. The van der Waals surface area contributed by atoms with Crippen LogP contribution in [0, 0.1) is 6.92 Å². The molecule has 7 heteroatoms. The average molecular weight is 403 g/mol. The van der Waals surface area contributed by atoms with Gasteiger partial charge in [0.1, 0.15) is 11.8 Å². The van der Waals surface area contributed by atoms with Crippen LogP contribution in [0.2, 0.25) is 0 Å². The van der Waals surface area contributed by atoms with Crippen LogP contribution in [-0.4, -0.2) is 23.3 Å². The lowest BCUT2D eigenvalue weighted by Gasteiger charge is -2.09. The number of phenols is 1. The molecule has 1 fully saturated rings. The van der Waals surface area contributed by atoms with E-state index >= 15 is 0 Å². The summed E-state index contributed by atoms with van der Waals surface area (Å²) in [5.41, 5.74) is 11.5. The zero-order chi connectivity index (χ0) is 17.8. The van der Waals surface area contributed by atoms with Crippen molar-refractivity contribution in [2.24, 2.45) is 5.10 Å². The number of aryl methyl sites for hydroxylation is 1. The number of hydrogen-bond acceptors (Lipinski definition) is 5. The molecule has 3 rings (SSSR count). The first-order valence-corrected chi connectivity index (χ1v) is 8.71. The van der Waals surface area contributed by atoms with E-state index in [1.807, 2.05) is 6.92 Å². The summed E-state index contributed by atoms with van der Waals surface area (Å²) in [4.78, 5) is 12.2. The molecular weight excluding hydrogens is 384 g/mol. The van der Waals surface area contributed by atoms with Gasteiger partial charge in [-0.2, -0.15) is 5.10 Å². The smallest absolute Gasteiger partial charge is 0.258 e. The normalized spacial score (nSPS) is 20.1. The van der Waals surface area contributed by atoms with Gasteiger partial charge in [-0.25, -0.2) is 16.3 Å². The number of carbonyl (C=O) groups is 1. The van der Waals surface area contributed by atoms with Crippen LogP contribution in [0.4, 0.5) is 0 Å². The number of hydrazone groups is 1. The van der Waals surface area contributed by atoms with Crippen LogP contribution in [0.5, 0.6) is 5.75 Å². The number of nitrogens with one attached hydrogen (secondary N) is 3. The van der Waals surface area contributed by atoms with Crippen LogP contribution in [0.1, 0.15) is 29.2 Å². The molecule has 2 aromatic carbocycles. The van der Waals surface area contributed by atoms with Gasteiger partial charge in [-0.05, 0) is 37.1 Å². The van der Waals surface area contributed by atoms with Gasteiger partial charge in [0.25, 0.3) is 5.91 Å². The fourth-order valence-corrected chi connectivity index (χ4v) is 3.00. The number of halogens is 1.